The van der Waals surface area contributed by atoms with Crippen LogP contribution in [0, 0.1) is 0 Å². The zero-order chi connectivity index (χ0) is 19.5. The van der Waals surface area contributed by atoms with Gasteiger partial charge in [-0.1, -0.05) is 5.21 Å². The molecule has 0 unspecified atom stereocenters. The molecule has 4 aromatic rings. The van der Waals surface area contributed by atoms with Crippen molar-refractivity contribution in [2.45, 2.75) is 0 Å². The molecule has 0 saturated heterocycles. The Balaban J connectivity index is 0.000000321. The minimum atomic E-state index is 0. The van der Waals surface area contributed by atoms with Gasteiger partial charge in [0.2, 0.25) is 0 Å². The number of nitrogens with zero attached hydrogens (tertiary/aromatic N) is 5. The molecule has 0 aromatic carbocycles. The Morgan fingerprint density at radius 1 is 0.567 bits per heavy atom. The number of hydrogen-bond donors (Lipinski definition) is 3. The van der Waals surface area contributed by atoms with Crippen LogP contribution in [0.5, 0.6) is 0 Å². The summed E-state index contributed by atoms with van der Waals surface area (Å²) in [5.74, 6) is 0. The summed E-state index contributed by atoms with van der Waals surface area (Å²) in [5, 5.41) is 12.2. The standard InChI is InChI=1S/C20H14N4.CH2N4.Au/c1-2-14-10-16-5-6-18(23-16)12-20-8-7-19(24-20)11-17-4-3-15(22-17)9-13(1)21-14;1-2-4-5-3-1;/h1-12,21-22H;1H,(H,2,3,4,5);. The monoisotopic (exact) mass is 577 g/mol. The van der Waals surface area contributed by atoms with Gasteiger partial charge in [0, 0.05) is 44.4 Å². The topological polar surface area (TPSA) is 112 Å². The maximum absolute atomic E-state index is 4.62. The van der Waals surface area contributed by atoms with E-state index in [1.165, 1.54) is 6.33 Å². The van der Waals surface area contributed by atoms with Crippen molar-refractivity contribution in [3.8, 4) is 0 Å². The van der Waals surface area contributed by atoms with E-state index in [-0.39, 0.29) is 22.4 Å². The molecule has 0 spiro atoms. The van der Waals surface area contributed by atoms with Gasteiger partial charge in [0.25, 0.3) is 0 Å². The van der Waals surface area contributed by atoms with Crippen molar-refractivity contribution in [2.75, 3.05) is 0 Å². The van der Waals surface area contributed by atoms with Gasteiger partial charge in [-0.05, 0) is 72.8 Å². The number of fused-ring (bicyclic) bond motifs is 8. The summed E-state index contributed by atoms with van der Waals surface area (Å²) in [7, 11) is 0. The average Bonchev–Trinajstić information content (AvgIpc) is 3.50. The molecule has 0 atom stereocenters. The first kappa shape index (κ1) is 19.7. The minimum Gasteiger partial charge on any atom is -0.355 e. The van der Waals surface area contributed by atoms with Crippen molar-refractivity contribution in [1.82, 2.24) is 40.6 Å². The van der Waals surface area contributed by atoms with E-state index in [1.54, 1.807) is 0 Å². The van der Waals surface area contributed by atoms with Crippen molar-refractivity contribution in [3.63, 3.8) is 0 Å². The third kappa shape index (κ3) is 4.69. The van der Waals surface area contributed by atoms with Crippen molar-refractivity contribution in [2.24, 2.45) is 0 Å². The molecule has 9 heteroatoms. The third-order valence-corrected chi connectivity index (χ3v) is 4.31. The number of rotatable bonds is 0. The number of tetrazole rings is 1. The number of hydrogen-bond acceptors (Lipinski definition) is 5. The van der Waals surface area contributed by atoms with Crippen LogP contribution in [0.4, 0.5) is 0 Å². The summed E-state index contributed by atoms with van der Waals surface area (Å²) in [6.07, 6.45) is 9.38. The SMILES string of the molecule is C1=Cc2cc3ccc(cc4ccc(cc5nc(cc1n2)C=C5)[nH]4)[nH]3.[Au].c1nn[nH]n1. The maximum Gasteiger partial charge on any atom is 0.161 e. The van der Waals surface area contributed by atoms with Crippen LogP contribution in [-0.4, -0.2) is 40.6 Å². The van der Waals surface area contributed by atoms with Crippen molar-refractivity contribution < 1.29 is 22.4 Å². The Morgan fingerprint density at radius 2 is 1.03 bits per heavy atom. The number of aromatic nitrogens is 8. The smallest absolute Gasteiger partial charge is 0.161 e. The molecular formula is C21H16AuN8. The van der Waals surface area contributed by atoms with Crippen LogP contribution in [0.15, 0.2) is 54.9 Å². The van der Waals surface area contributed by atoms with Crippen LogP contribution >= 0.6 is 0 Å². The van der Waals surface area contributed by atoms with E-state index in [0.29, 0.717) is 0 Å². The number of nitrogens with one attached hydrogen (secondary N) is 3. The van der Waals surface area contributed by atoms with Gasteiger partial charge in [0.1, 0.15) is 0 Å². The van der Waals surface area contributed by atoms with Gasteiger partial charge in [-0.2, -0.15) is 5.21 Å². The molecule has 151 valence electrons. The summed E-state index contributed by atoms with van der Waals surface area (Å²) in [4.78, 5) is 16.0. The molecule has 2 aliphatic heterocycles. The van der Waals surface area contributed by atoms with Gasteiger partial charge in [-0.25, -0.2) is 9.97 Å². The first-order valence-electron chi connectivity index (χ1n) is 9.01. The molecule has 6 rings (SSSR count). The molecule has 30 heavy (non-hydrogen) atoms. The Kier molecular flexibility index (Phi) is 5.80. The van der Waals surface area contributed by atoms with Gasteiger partial charge in [-0.3, -0.25) is 0 Å². The zero-order valence-electron chi connectivity index (χ0n) is 15.5. The molecule has 8 nitrogen and oxygen atoms in total. The van der Waals surface area contributed by atoms with Crippen LogP contribution < -0.4 is 0 Å². The van der Waals surface area contributed by atoms with E-state index in [0.717, 1.165) is 44.8 Å². The molecular weight excluding hydrogens is 561 g/mol. The fourth-order valence-electron chi connectivity index (χ4n) is 3.07. The van der Waals surface area contributed by atoms with Gasteiger partial charge in [0.05, 0.1) is 22.8 Å². The van der Waals surface area contributed by atoms with Crippen molar-refractivity contribution in [3.05, 3.63) is 77.6 Å². The first-order valence-corrected chi connectivity index (χ1v) is 9.01. The summed E-state index contributed by atoms with van der Waals surface area (Å²) in [5.41, 5.74) is 7.86. The fraction of sp³-hybridized carbons (Fsp3) is 0. The van der Waals surface area contributed by atoms with Crippen LogP contribution in [0.25, 0.3) is 46.4 Å². The molecule has 6 heterocycles. The van der Waals surface area contributed by atoms with E-state index in [4.69, 9.17) is 0 Å². The predicted molar refractivity (Wildman–Crippen MR) is 113 cm³/mol. The Hall–Kier alpha value is -3.59. The minimum absolute atomic E-state index is 0. The molecule has 0 amide bonds. The fourth-order valence-corrected chi connectivity index (χ4v) is 3.07. The number of aromatic amines is 3. The van der Waals surface area contributed by atoms with Gasteiger partial charge < -0.3 is 9.97 Å². The Bertz CT molecular complexity index is 1260. The van der Waals surface area contributed by atoms with Gasteiger partial charge in [0.15, 0.2) is 6.33 Å². The predicted octanol–water partition coefficient (Wildman–Crippen LogP) is 3.85. The summed E-state index contributed by atoms with van der Waals surface area (Å²) < 4.78 is 0. The van der Waals surface area contributed by atoms with Crippen LogP contribution in [0.2, 0.25) is 0 Å². The molecule has 0 fully saturated rings. The van der Waals surface area contributed by atoms with Crippen molar-refractivity contribution >= 4 is 46.4 Å². The van der Waals surface area contributed by atoms with Crippen molar-refractivity contribution in [1.29, 1.82) is 0 Å². The molecule has 1 radical (unpaired) electrons. The molecule has 2 aliphatic rings. The first-order chi connectivity index (χ1) is 14.3. The molecule has 3 N–H and O–H groups in total. The van der Waals surface area contributed by atoms with E-state index in [9.17, 15) is 0 Å². The van der Waals surface area contributed by atoms with E-state index in [2.05, 4.69) is 70.9 Å². The number of H-pyrrole nitrogens is 3. The molecule has 0 saturated carbocycles. The zero-order valence-corrected chi connectivity index (χ0v) is 17.7. The Morgan fingerprint density at radius 3 is 1.43 bits per heavy atom. The maximum atomic E-state index is 4.62. The van der Waals surface area contributed by atoms with E-state index >= 15 is 0 Å². The Labute approximate surface area is 186 Å². The van der Waals surface area contributed by atoms with Crippen LogP contribution in [0.3, 0.4) is 0 Å². The van der Waals surface area contributed by atoms with E-state index in [1.807, 2.05) is 42.5 Å². The second-order valence-electron chi connectivity index (χ2n) is 6.47. The second kappa shape index (κ2) is 8.83. The van der Waals surface area contributed by atoms with Gasteiger partial charge >= 0.3 is 0 Å². The second-order valence-corrected chi connectivity index (χ2v) is 6.47. The summed E-state index contributed by atoms with van der Waals surface area (Å²) >= 11 is 0. The van der Waals surface area contributed by atoms with Crippen LogP contribution in [0.1, 0.15) is 22.8 Å². The molecule has 0 aliphatic carbocycles. The normalized spacial score (nSPS) is 11.5. The molecule has 8 bridgehead atoms. The van der Waals surface area contributed by atoms with E-state index < -0.39 is 0 Å². The summed E-state index contributed by atoms with van der Waals surface area (Å²) in [6, 6.07) is 16.4. The quantitative estimate of drug-likeness (QED) is 0.238. The average molecular weight is 577 g/mol. The third-order valence-electron chi connectivity index (χ3n) is 4.31. The van der Waals surface area contributed by atoms with Crippen LogP contribution in [-0.2, 0) is 22.4 Å². The van der Waals surface area contributed by atoms with Gasteiger partial charge in [-0.15, -0.1) is 10.2 Å². The largest absolute Gasteiger partial charge is 0.355 e. The molecule has 4 aromatic heterocycles. The summed E-state index contributed by atoms with van der Waals surface area (Å²) in [6.45, 7) is 0.